The summed E-state index contributed by atoms with van der Waals surface area (Å²) in [5.41, 5.74) is 3.44. The second kappa shape index (κ2) is 7.12. The van der Waals surface area contributed by atoms with Crippen LogP contribution in [0.2, 0.25) is 0 Å². The highest BCUT2D eigenvalue weighted by Gasteiger charge is 2.19. The van der Waals surface area contributed by atoms with Gasteiger partial charge in [0.25, 0.3) is 5.91 Å². The molecule has 29 heavy (non-hydrogen) atoms. The molecule has 6 heteroatoms. The summed E-state index contributed by atoms with van der Waals surface area (Å²) in [6.45, 7) is 4.75. The Balaban J connectivity index is 1.94. The number of carbonyl (C=O) groups excluding carboxylic acids is 1. The van der Waals surface area contributed by atoms with Crippen LogP contribution >= 0.6 is 0 Å². The number of likely N-dealkylation sites (N-methyl/N-ethyl adjacent to an activating group) is 1. The molecule has 2 aromatic heterocycles. The first-order valence-corrected chi connectivity index (χ1v) is 9.69. The molecule has 2 aromatic carbocycles. The number of benzene rings is 2. The Bertz CT molecular complexity index is 1260. The summed E-state index contributed by atoms with van der Waals surface area (Å²) in [4.78, 5) is 19.4. The summed E-state index contributed by atoms with van der Waals surface area (Å²) in [5, 5.41) is 6.55. The van der Waals surface area contributed by atoms with Gasteiger partial charge in [0.05, 0.1) is 5.52 Å². The lowest BCUT2D eigenvalue weighted by molar-refractivity contribution is 0.0931. The standard InChI is InChI=1S/C23H25FN4O/c1-13(12-27(3)4)26-23(29)21-18-11-19-17-10-15(24)6-7-20(17)28(5)22(19)14(2)16(18)8-9-25-21/h6-11,13H,12H2,1-5H3,(H,26,29)/t13-/m1/s1. The molecule has 0 saturated carbocycles. The van der Waals surface area contributed by atoms with Crippen molar-refractivity contribution in [3.8, 4) is 0 Å². The van der Waals surface area contributed by atoms with E-state index in [0.717, 1.165) is 44.7 Å². The molecule has 0 saturated heterocycles. The number of halogens is 1. The molecule has 4 aromatic rings. The summed E-state index contributed by atoms with van der Waals surface area (Å²) >= 11 is 0. The molecule has 2 heterocycles. The van der Waals surface area contributed by atoms with Crippen molar-refractivity contribution >= 4 is 38.5 Å². The highest BCUT2D eigenvalue weighted by Crippen LogP contribution is 2.35. The molecule has 0 fully saturated rings. The summed E-state index contributed by atoms with van der Waals surface area (Å²) in [5.74, 6) is -0.473. The van der Waals surface area contributed by atoms with Crippen LogP contribution in [0.5, 0.6) is 0 Å². The van der Waals surface area contributed by atoms with Crippen molar-refractivity contribution in [1.82, 2.24) is 19.8 Å². The van der Waals surface area contributed by atoms with Crippen LogP contribution in [0.4, 0.5) is 4.39 Å². The minimum absolute atomic E-state index is 0.00830. The number of amides is 1. The molecular weight excluding hydrogens is 367 g/mol. The third-order valence-electron chi connectivity index (χ3n) is 5.47. The zero-order valence-electron chi connectivity index (χ0n) is 17.4. The molecule has 1 N–H and O–H groups in total. The quantitative estimate of drug-likeness (QED) is 0.571. The van der Waals surface area contributed by atoms with Gasteiger partial charge >= 0.3 is 0 Å². The summed E-state index contributed by atoms with van der Waals surface area (Å²) in [6.07, 6.45) is 1.68. The minimum Gasteiger partial charge on any atom is -0.347 e. The fourth-order valence-corrected chi connectivity index (χ4v) is 4.33. The van der Waals surface area contributed by atoms with Crippen molar-refractivity contribution in [2.24, 2.45) is 7.05 Å². The summed E-state index contributed by atoms with van der Waals surface area (Å²) in [6, 6.07) is 8.72. The Morgan fingerprint density at radius 1 is 1.17 bits per heavy atom. The van der Waals surface area contributed by atoms with Gasteiger partial charge in [0.1, 0.15) is 11.5 Å². The van der Waals surface area contributed by atoms with E-state index in [9.17, 15) is 9.18 Å². The second-order valence-corrected chi connectivity index (χ2v) is 8.01. The van der Waals surface area contributed by atoms with E-state index >= 15 is 0 Å². The fraction of sp³-hybridized carbons (Fsp3) is 0.304. The van der Waals surface area contributed by atoms with Crippen LogP contribution in [0.1, 0.15) is 23.0 Å². The smallest absolute Gasteiger partial charge is 0.270 e. The summed E-state index contributed by atoms with van der Waals surface area (Å²) in [7, 11) is 5.93. The van der Waals surface area contributed by atoms with Crippen molar-refractivity contribution in [2.75, 3.05) is 20.6 Å². The van der Waals surface area contributed by atoms with Crippen LogP contribution in [0.25, 0.3) is 32.6 Å². The Morgan fingerprint density at radius 2 is 1.93 bits per heavy atom. The predicted molar refractivity (Wildman–Crippen MR) is 116 cm³/mol. The number of fused-ring (bicyclic) bond motifs is 4. The molecule has 5 nitrogen and oxygen atoms in total. The molecule has 4 rings (SSSR count). The van der Waals surface area contributed by atoms with Crippen LogP contribution in [0, 0.1) is 12.7 Å². The first-order valence-electron chi connectivity index (χ1n) is 9.69. The van der Waals surface area contributed by atoms with Gasteiger partial charge < -0.3 is 14.8 Å². The van der Waals surface area contributed by atoms with Gasteiger partial charge in [0, 0.05) is 47.5 Å². The van der Waals surface area contributed by atoms with Gasteiger partial charge in [-0.15, -0.1) is 0 Å². The Hall–Kier alpha value is -2.99. The average Bonchev–Trinajstić information content (AvgIpc) is 2.92. The number of hydrogen-bond donors (Lipinski definition) is 1. The molecule has 1 amide bonds. The topological polar surface area (TPSA) is 50.2 Å². The minimum atomic E-state index is -0.274. The number of aryl methyl sites for hydroxylation is 2. The molecule has 0 aliphatic carbocycles. The molecule has 0 bridgehead atoms. The van der Waals surface area contributed by atoms with E-state index in [0.29, 0.717) is 5.69 Å². The van der Waals surface area contributed by atoms with E-state index in [1.165, 1.54) is 6.07 Å². The highest BCUT2D eigenvalue weighted by atomic mass is 19.1. The van der Waals surface area contributed by atoms with Crippen LogP contribution in [-0.4, -0.2) is 47.0 Å². The molecule has 0 aliphatic heterocycles. The lowest BCUT2D eigenvalue weighted by atomic mass is 10.00. The number of carbonyl (C=O) groups is 1. The first kappa shape index (κ1) is 19.3. The number of rotatable bonds is 4. The van der Waals surface area contributed by atoms with E-state index in [4.69, 9.17) is 0 Å². The van der Waals surface area contributed by atoms with Gasteiger partial charge in [-0.3, -0.25) is 9.78 Å². The number of aromatic nitrogens is 2. The number of pyridine rings is 1. The average molecular weight is 392 g/mol. The number of hydrogen-bond acceptors (Lipinski definition) is 3. The molecule has 150 valence electrons. The first-order chi connectivity index (χ1) is 13.8. The van der Waals surface area contributed by atoms with E-state index in [1.54, 1.807) is 18.3 Å². The lowest BCUT2D eigenvalue weighted by Gasteiger charge is -2.18. The maximum atomic E-state index is 14.0. The van der Waals surface area contributed by atoms with Crippen molar-refractivity contribution in [2.45, 2.75) is 19.9 Å². The van der Waals surface area contributed by atoms with Crippen molar-refractivity contribution in [3.63, 3.8) is 0 Å². The number of nitrogens with zero attached hydrogens (tertiary/aromatic N) is 3. The van der Waals surface area contributed by atoms with Crippen LogP contribution in [0.15, 0.2) is 36.5 Å². The third kappa shape index (κ3) is 3.23. The maximum absolute atomic E-state index is 14.0. The van der Waals surface area contributed by atoms with Gasteiger partial charge in [0.2, 0.25) is 0 Å². The van der Waals surface area contributed by atoms with Gasteiger partial charge in [-0.1, -0.05) is 0 Å². The molecule has 0 radical (unpaired) electrons. The van der Waals surface area contributed by atoms with Crippen molar-refractivity contribution in [3.05, 3.63) is 53.6 Å². The Morgan fingerprint density at radius 3 is 2.66 bits per heavy atom. The highest BCUT2D eigenvalue weighted by molar-refractivity contribution is 6.17. The molecule has 0 spiro atoms. The molecule has 0 unspecified atom stereocenters. The molecule has 1 atom stereocenters. The Kier molecular flexibility index (Phi) is 4.74. The van der Waals surface area contributed by atoms with E-state index in [-0.39, 0.29) is 17.8 Å². The van der Waals surface area contributed by atoms with E-state index in [2.05, 4.69) is 14.9 Å². The van der Waals surface area contributed by atoms with Crippen molar-refractivity contribution < 1.29 is 9.18 Å². The zero-order valence-corrected chi connectivity index (χ0v) is 17.4. The predicted octanol–water partition coefficient (Wildman–Crippen LogP) is 4.01. The van der Waals surface area contributed by atoms with Gasteiger partial charge in [0.15, 0.2) is 0 Å². The number of nitrogens with one attached hydrogen (secondary N) is 1. The largest absolute Gasteiger partial charge is 0.347 e. The maximum Gasteiger partial charge on any atom is 0.270 e. The lowest BCUT2D eigenvalue weighted by Crippen LogP contribution is -2.39. The summed E-state index contributed by atoms with van der Waals surface area (Å²) < 4.78 is 16.0. The van der Waals surface area contributed by atoms with Gasteiger partial charge in [-0.05, 0) is 69.2 Å². The SMILES string of the molecule is Cc1c2ccnc(C(=O)N[C@H](C)CN(C)C)c2cc2c3cc(F)ccc3n(C)c12. The van der Waals surface area contributed by atoms with Crippen LogP contribution in [0.3, 0.4) is 0 Å². The van der Waals surface area contributed by atoms with Crippen LogP contribution < -0.4 is 5.32 Å². The fourth-order valence-electron chi connectivity index (χ4n) is 4.33. The normalized spacial score (nSPS) is 12.9. The second-order valence-electron chi connectivity index (χ2n) is 8.01. The Labute approximate surface area is 169 Å². The van der Waals surface area contributed by atoms with Gasteiger partial charge in [-0.25, -0.2) is 4.39 Å². The van der Waals surface area contributed by atoms with E-state index < -0.39 is 0 Å². The monoisotopic (exact) mass is 392 g/mol. The third-order valence-corrected chi connectivity index (χ3v) is 5.47. The van der Waals surface area contributed by atoms with Crippen molar-refractivity contribution in [1.29, 1.82) is 0 Å². The zero-order chi connectivity index (χ0) is 20.9. The molecule has 0 aliphatic rings. The van der Waals surface area contributed by atoms with Gasteiger partial charge in [-0.2, -0.15) is 0 Å². The van der Waals surface area contributed by atoms with Crippen LogP contribution in [-0.2, 0) is 7.05 Å². The molecular formula is C23H25FN4O. The van der Waals surface area contributed by atoms with E-state index in [1.807, 2.05) is 52.0 Å².